The molecule has 20 heavy (non-hydrogen) atoms. The van der Waals surface area contributed by atoms with Crippen molar-refractivity contribution in [1.82, 2.24) is 9.88 Å². The van der Waals surface area contributed by atoms with Crippen LogP contribution in [0.1, 0.15) is 16.9 Å². The fraction of sp³-hybridized carbons (Fsp3) is 0.333. The van der Waals surface area contributed by atoms with E-state index < -0.39 is 0 Å². The lowest BCUT2D eigenvalue weighted by Gasteiger charge is -2.21. The molecule has 0 spiro atoms. The van der Waals surface area contributed by atoms with E-state index in [4.69, 9.17) is 10.2 Å². The van der Waals surface area contributed by atoms with Gasteiger partial charge in [-0.1, -0.05) is 24.3 Å². The first-order valence-corrected chi connectivity index (χ1v) is 6.63. The molecule has 0 saturated heterocycles. The summed E-state index contributed by atoms with van der Waals surface area (Å²) in [7, 11) is 0. The molecule has 0 aliphatic heterocycles. The number of hydrogen-bond donors (Lipinski definition) is 2. The van der Waals surface area contributed by atoms with Gasteiger partial charge >= 0.3 is 0 Å². The summed E-state index contributed by atoms with van der Waals surface area (Å²) in [5.41, 5.74) is 1.12. The third kappa shape index (κ3) is 3.31. The molecule has 0 radical (unpaired) electrons. The zero-order valence-electron chi connectivity index (χ0n) is 11.2. The van der Waals surface area contributed by atoms with Gasteiger partial charge < -0.3 is 15.1 Å². The molecule has 2 N–H and O–H groups in total. The van der Waals surface area contributed by atoms with Gasteiger partial charge in [0.05, 0.1) is 12.1 Å². The second kappa shape index (κ2) is 6.98. The molecular weight excluding hydrogens is 256 g/mol. The van der Waals surface area contributed by atoms with Crippen LogP contribution in [0.4, 0.5) is 0 Å². The summed E-state index contributed by atoms with van der Waals surface area (Å²) in [6.45, 7) is 0.558. The molecule has 2 rings (SSSR count). The molecule has 0 saturated carbocycles. The molecular formula is C15H18N2O3. The van der Waals surface area contributed by atoms with Crippen LogP contribution in [-0.4, -0.2) is 52.3 Å². The van der Waals surface area contributed by atoms with Gasteiger partial charge in [0.1, 0.15) is 5.69 Å². The summed E-state index contributed by atoms with van der Waals surface area (Å²) in [4.78, 5) is 18.2. The fourth-order valence-electron chi connectivity index (χ4n) is 2.04. The highest BCUT2D eigenvalue weighted by molar-refractivity contribution is 5.94. The van der Waals surface area contributed by atoms with Crippen LogP contribution in [0.3, 0.4) is 0 Å². The number of aliphatic hydroxyl groups excluding tert-OH is 2. The molecule has 106 valence electrons. The number of pyridine rings is 1. The highest BCUT2D eigenvalue weighted by Crippen LogP contribution is 2.13. The molecule has 5 nitrogen and oxygen atoms in total. The summed E-state index contributed by atoms with van der Waals surface area (Å²) in [5.74, 6) is -0.224. The zero-order valence-corrected chi connectivity index (χ0v) is 11.2. The van der Waals surface area contributed by atoms with Crippen LogP contribution in [0.15, 0.2) is 36.4 Å². The van der Waals surface area contributed by atoms with Gasteiger partial charge in [0.15, 0.2) is 0 Å². The minimum Gasteiger partial charge on any atom is -0.396 e. The number of fused-ring (bicyclic) bond motifs is 1. The number of para-hydroxylation sites is 1. The standard InChI is InChI=1S/C15H18N2O3/c18-10-3-8-17(9-11-19)15(20)14-7-6-12-4-1-2-5-13(12)16-14/h1-2,4-7,18-19H,3,8-11H2. The summed E-state index contributed by atoms with van der Waals surface area (Å²) in [6.07, 6.45) is 0.485. The molecule has 1 aromatic heterocycles. The molecule has 0 atom stereocenters. The fourth-order valence-corrected chi connectivity index (χ4v) is 2.04. The minimum absolute atomic E-state index is 0.0142. The Labute approximate surface area is 117 Å². The Morgan fingerprint density at radius 3 is 2.60 bits per heavy atom. The van der Waals surface area contributed by atoms with Crippen molar-refractivity contribution in [3.8, 4) is 0 Å². The van der Waals surface area contributed by atoms with E-state index >= 15 is 0 Å². The summed E-state index contributed by atoms with van der Waals surface area (Å²) >= 11 is 0. The molecule has 0 fully saturated rings. The first-order valence-electron chi connectivity index (χ1n) is 6.63. The summed E-state index contributed by atoms with van der Waals surface area (Å²) < 4.78 is 0. The van der Waals surface area contributed by atoms with Gasteiger partial charge in [0.2, 0.25) is 0 Å². The van der Waals surface area contributed by atoms with Crippen molar-refractivity contribution in [1.29, 1.82) is 0 Å². The molecule has 0 aliphatic carbocycles. The average Bonchev–Trinajstić information content (AvgIpc) is 2.50. The Morgan fingerprint density at radius 1 is 1.05 bits per heavy atom. The Bertz CT molecular complexity index is 586. The van der Waals surface area contributed by atoms with Crippen LogP contribution >= 0.6 is 0 Å². The number of amides is 1. The SMILES string of the molecule is O=C(c1ccc2ccccc2n1)N(CCO)CCCO. The normalized spacial score (nSPS) is 10.7. The predicted octanol–water partition coefficient (Wildman–Crippen LogP) is 1.05. The highest BCUT2D eigenvalue weighted by Gasteiger charge is 2.16. The Kier molecular flexibility index (Phi) is 5.03. The van der Waals surface area contributed by atoms with Gasteiger partial charge in [0, 0.05) is 25.1 Å². The van der Waals surface area contributed by atoms with Crippen molar-refractivity contribution in [3.63, 3.8) is 0 Å². The van der Waals surface area contributed by atoms with E-state index in [1.54, 1.807) is 6.07 Å². The topological polar surface area (TPSA) is 73.7 Å². The maximum atomic E-state index is 12.4. The van der Waals surface area contributed by atoms with Crippen molar-refractivity contribution >= 4 is 16.8 Å². The smallest absolute Gasteiger partial charge is 0.272 e. The lowest BCUT2D eigenvalue weighted by Crippen LogP contribution is -2.35. The molecule has 0 aliphatic rings. The largest absolute Gasteiger partial charge is 0.396 e. The number of rotatable bonds is 6. The van der Waals surface area contributed by atoms with Crippen molar-refractivity contribution < 1.29 is 15.0 Å². The monoisotopic (exact) mass is 274 g/mol. The van der Waals surface area contributed by atoms with Gasteiger partial charge in [-0.2, -0.15) is 0 Å². The van der Waals surface area contributed by atoms with Gasteiger partial charge in [0.25, 0.3) is 5.91 Å². The molecule has 1 heterocycles. The second-order valence-corrected chi connectivity index (χ2v) is 4.48. The van der Waals surface area contributed by atoms with E-state index in [2.05, 4.69) is 4.98 Å². The summed E-state index contributed by atoms with van der Waals surface area (Å²) in [5, 5.41) is 18.9. The maximum Gasteiger partial charge on any atom is 0.272 e. The molecule has 0 unspecified atom stereocenters. The van der Waals surface area contributed by atoms with Crippen LogP contribution in [0, 0.1) is 0 Å². The van der Waals surface area contributed by atoms with E-state index in [9.17, 15) is 4.79 Å². The van der Waals surface area contributed by atoms with Gasteiger partial charge in [-0.05, 0) is 18.6 Å². The lowest BCUT2D eigenvalue weighted by molar-refractivity contribution is 0.0704. The van der Waals surface area contributed by atoms with Gasteiger partial charge in [-0.3, -0.25) is 4.79 Å². The number of aromatic nitrogens is 1. The van der Waals surface area contributed by atoms with Crippen LogP contribution in [0.2, 0.25) is 0 Å². The van der Waals surface area contributed by atoms with Crippen molar-refractivity contribution in [2.45, 2.75) is 6.42 Å². The number of hydrogen-bond acceptors (Lipinski definition) is 4. The Balaban J connectivity index is 2.23. The summed E-state index contributed by atoms with van der Waals surface area (Å²) in [6, 6.07) is 11.1. The molecule has 0 bridgehead atoms. The van der Waals surface area contributed by atoms with Crippen LogP contribution in [0.25, 0.3) is 10.9 Å². The predicted molar refractivity (Wildman–Crippen MR) is 76.4 cm³/mol. The van der Waals surface area contributed by atoms with E-state index in [1.807, 2.05) is 30.3 Å². The molecule has 1 aromatic carbocycles. The van der Waals surface area contributed by atoms with Crippen molar-refractivity contribution in [2.24, 2.45) is 0 Å². The first-order chi connectivity index (χ1) is 9.76. The van der Waals surface area contributed by atoms with Crippen molar-refractivity contribution in [2.75, 3.05) is 26.3 Å². The molecule has 2 aromatic rings. The zero-order chi connectivity index (χ0) is 14.4. The number of carbonyl (C=O) groups is 1. The Hall–Kier alpha value is -1.98. The quantitative estimate of drug-likeness (QED) is 0.826. The van der Waals surface area contributed by atoms with Crippen LogP contribution in [0.5, 0.6) is 0 Å². The van der Waals surface area contributed by atoms with E-state index in [1.165, 1.54) is 4.90 Å². The molecule has 1 amide bonds. The number of benzene rings is 1. The van der Waals surface area contributed by atoms with E-state index in [0.29, 0.717) is 18.7 Å². The van der Waals surface area contributed by atoms with Crippen LogP contribution < -0.4 is 0 Å². The number of nitrogens with zero attached hydrogens (tertiary/aromatic N) is 2. The average molecular weight is 274 g/mol. The Morgan fingerprint density at radius 2 is 1.85 bits per heavy atom. The van der Waals surface area contributed by atoms with Gasteiger partial charge in [-0.25, -0.2) is 4.98 Å². The first kappa shape index (κ1) is 14.4. The third-order valence-electron chi connectivity index (χ3n) is 3.06. The molecule has 5 heteroatoms. The van der Waals surface area contributed by atoms with E-state index in [-0.39, 0.29) is 25.7 Å². The van der Waals surface area contributed by atoms with E-state index in [0.717, 1.165) is 10.9 Å². The highest BCUT2D eigenvalue weighted by atomic mass is 16.3. The van der Waals surface area contributed by atoms with Crippen molar-refractivity contribution in [3.05, 3.63) is 42.1 Å². The third-order valence-corrected chi connectivity index (χ3v) is 3.06. The van der Waals surface area contributed by atoms with Crippen LogP contribution in [-0.2, 0) is 0 Å². The lowest BCUT2D eigenvalue weighted by atomic mass is 10.2. The number of aliphatic hydroxyl groups is 2. The maximum absolute atomic E-state index is 12.4. The minimum atomic E-state index is -0.224. The second-order valence-electron chi connectivity index (χ2n) is 4.48. The van der Waals surface area contributed by atoms with Gasteiger partial charge in [-0.15, -0.1) is 0 Å². The number of carbonyl (C=O) groups excluding carboxylic acids is 1.